The summed E-state index contributed by atoms with van der Waals surface area (Å²) in [6.07, 6.45) is 10.6. The number of carbonyl (C=O) groups excluding carboxylic acids is 1. The van der Waals surface area contributed by atoms with E-state index >= 15 is 0 Å². The Balaban J connectivity index is 1.27. The Morgan fingerprint density at radius 2 is 2.00 bits per heavy atom. The van der Waals surface area contributed by atoms with Crippen molar-refractivity contribution in [3.8, 4) is 0 Å². The van der Waals surface area contributed by atoms with Gasteiger partial charge < -0.3 is 4.90 Å². The lowest BCUT2D eigenvalue weighted by Crippen LogP contribution is -2.78. The van der Waals surface area contributed by atoms with E-state index in [2.05, 4.69) is 27.0 Å². The molecule has 0 radical (unpaired) electrons. The number of pyridine rings is 1. The number of amides is 1. The SMILES string of the molecule is O=C1CC(c2cnc(Cl)s2)CCN1C12CC(c3ccncc3)(C1)C2. The van der Waals surface area contributed by atoms with Gasteiger partial charge in [-0.2, -0.15) is 0 Å². The van der Waals surface area contributed by atoms with Gasteiger partial charge in [-0.05, 0) is 43.4 Å². The van der Waals surface area contributed by atoms with E-state index in [4.69, 9.17) is 11.6 Å². The van der Waals surface area contributed by atoms with Crippen molar-refractivity contribution in [1.29, 1.82) is 0 Å². The molecular formula is C18H18ClN3OS. The predicted octanol–water partition coefficient (Wildman–Crippen LogP) is 3.77. The van der Waals surface area contributed by atoms with Crippen LogP contribution in [0.3, 0.4) is 0 Å². The third-order valence-electron chi connectivity index (χ3n) is 6.19. The van der Waals surface area contributed by atoms with E-state index in [0.717, 1.165) is 37.1 Å². The fraction of sp³-hybridized carbons (Fsp3) is 0.500. The fourth-order valence-corrected chi connectivity index (χ4v) is 6.15. The molecule has 4 nitrogen and oxygen atoms in total. The van der Waals surface area contributed by atoms with Gasteiger partial charge in [0.2, 0.25) is 5.91 Å². The average molecular weight is 360 g/mol. The highest BCUT2D eigenvalue weighted by atomic mass is 35.5. The molecule has 2 bridgehead atoms. The molecule has 1 atom stereocenters. The second-order valence-electron chi connectivity index (χ2n) is 7.52. The second-order valence-corrected chi connectivity index (χ2v) is 9.17. The smallest absolute Gasteiger partial charge is 0.223 e. The zero-order valence-electron chi connectivity index (χ0n) is 13.2. The number of halogens is 1. The van der Waals surface area contributed by atoms with Crippen LogP contribution < -0.4 is 0 Å². The van der Waals surface area contributed by atoms with Gasteiger partial charge in [0, 0.05) is 53.3 Å². The topological polar surface area (TPSA) is 46.1 Å². The number of carbonyl (C=O) groups is 1. The van der Waals surface area contributed by atoms with E-state index in [1.54, 1.807) is 0 Å². The Morgan fingerprint density at radius 3 is 2.62 bits per heavy atom. The molecule has 1 amide bonds. The van der Waals surface area contributed by atoms with E-state index in [1.165, 1.54) is 16.9 Å². The van der Waals surface area contributed by atoms with Gasteiger partial charge in [0.25, 0.3) is 0 Å². The number of piperidine rings is 1. The molecule has 1 saturated heterocycles. The van der Waals surface area contributed by atoms with E-state index in [0.29, 0.717) is 28.1 Å². The van der Waals surface area contributed by atoms with Gasteiger partial charge in [-0.25, -0.2) is 4.98 Å². The molecule has 6 heteroatoms. The number of nitrogens with zero attached hydrogens (tertiary/aromatic N) is 3. The van der Waals surface area contributed by atoms with Crippen LogP contribution in [-0.4, -0.2) is 32.9 Å². The summed E-state index contributed by atoms with van der Waals surface area (Å²) in [6, 6.07) is 4.26. The summed E-state index contributed by atoms with van der Waals surface area (Å²) in [4.78, 5) is 24.3. The average Bonchev–Trinajstić information content (AvgIpc) is 2.94. The first-order valence-electron chi connectivity index (χ1n) is 8.43. The molecule has 6 rings (SSSR count). The van der Waals surface area contributed by atoms with E-state index < -0.39 is 0 Å². The van der Waals surface area contributed by atoms with Crippen LogP contribution in [0, 0.1) is 0 Å². The quantitative estimate of drug-likeness (QED) is 0.838. The highest BCUT2D eigenvalue weighted by Crippen LogP contribution is 2.70. The molecule has 2 aromatic heterocycles. The first kappa shape index (κ1) is 14.8. The summed E-state index contributed by atoms with van der Waals surface area (Å²) in [5, 5.41) is 0. The number of aromatic nitrogens is 2. The Kier molecular flexibility index (Phi) is 3.11. The minimum atomic E-state index is 0.136. The van der Waals surface area contributed by atoms with Crippen LogP contribution in [0.4, 0.5) is 0 Å². The van der Waals surface area contributed by atoms with Crippen LogP contribution in [0.2, 0.25) is 4.47 Å². The summed E-state index contributed by atoms with van der Waals surface area (Å²) in [7, 11) is 0. The molecule has 2 aromatic rings. The first-order chi connectivity index (χ1) is 11.6. The van der Waals surface area contributed by atoms with Gasteiger partial charge in [0.15, 0.2) is 4.47 Å². The van der Waals surface area contributed by atoms with Crippen molar-refractivity contribution in [1.82, 2.24) is 14.9 Å². The van der Waals surface area contributed by atoms with Gasteiger partial charge >= 0.3 is 0 Å². The minimum Gasteiger partial charge on any atom is -0.337 e. The molecule has 3 heterocycles. The van der Waals surface area contributed by atoms with E-state index in [1.807, 2.05) is 18.6 Å². The van der Waals surface area contributed by atoms with Gasteiger partial charge in [0.05, 0.1) is 0 Å². The molecule has 1 aliphatic heterocycles. The van der Waals surface area contributed by atoms with E-state index in [-0.39, 0.29) is 5.54 Å². The summed E-state index contributed by atoms with van der Waals surface area (Å²) in [5.74, 6) is 0.596. The molecule has 0 aromatic carbocycles. The Labute approximate surface area is 149 Å². The number of hydrogen-bond acceptors (Lipinski definition) is 4. The van der Waals surface area contributed by atoms with Crippen molar-refractivity contribution in [2.75, 3.05) is 6.54 Å². The van der Waals surface area contributed by atoms with Crippen molar-refractivity contribution >= 4 is 28.8 Å². The monoisotopic (exact) mass is 359 g/mol. The minimum absolute atomic E-state index is 0.136. The van der Waals surface area contributed by atoms with Crippen LogP contribution in [0.1, 0.15) is 48.5 Å². The van der Waals surface area contributed by atoms with Gasteiger partial charge in [-0.1, -0.05) is 11.6 Å². The largest absolute Gasteiger partial charge is 0.337 e. The third-order valence-corrected chi connectivity index (χ3v) is 7.47. The lowest BCUT2D eigenvalue weighted by Gasteiger charge is -2.74. The lowest BCUT2D eigenvalue weighted by atomic mass is 9.37. The zero-order chi connectivity index (χ0) is 16.4. The lowest BCUT2D eigenvalue weighted by molar-refractivity contribution is -0.189. The molecule has 3 aliphatic carbocycles. The summed E-state index contributed by atoms with van der Waals surface area (Å²) in [6.45, 7) is 0.867. The Morgan fingerprint density at radius 1 is 1.25 bits per heavy atom. The van der Waals surface area contributed by atoms with Crippen molar-refractivity contribution < 1.29 is 4.79 Å². The standard InChI is InChI=1S/C18H18ClN3OS/c19-16-21-8-14(24-16)12-3-6-22(15(23)7-12)18-9-17(10-18,11-18)13-1-4-20-5-2-13/h1-2,4-5,8,12H,3,6-7,9-11H2. The van der Waals surface area contributed by atoms with Crippen LogP contribution in [0.5, 0.6) is 0 Å². The third kappa shape index (κ3) is 2.01. The number of hydrogen-bond donors (Lipinski definition) is 0. The van der Waals surface area contributed by atoms with Crippen molar-refractivity contribution in [3.05, 3.63) is 45.6 Å². The molecule has 0 spiro atoms. The summed E-state index contributed by atoms with van der Waals surface area (Å²) >= 11 is 7.45. The molecular weight excluding hydrogens is 342 g/mol. The summed E-state index contributed by atoms with van der Waals surface area (Å²) in [5.41, 5.74) is 1.84. The molecule has 4 aliphatic rings. The molecule has 1 unspecified atom stereocenters. The Hall–Kier alpha value is -1.46. The molecule has 24 heavy (non-hydrogen) atoms. The molecule has 4 fully saturated rings. The zero-order valence-corrected chi connectivity index (χ0v) is 14.8. The fourth-order valence-electron chi connectivity index (χ4n) is 5.06. The molecule has 124 valence electrons. The Bertz CT molecular complexity index is 786. The first-order valence-corrected chi connectivity index (χ1v) is 9.62. The van der Waals surface area contributed by atoms with Crippen molar-refractivity contribution in [3.63, 3.8) is 0 Å². The van der Waals surface area contributed by atoms with E-state index in [9.17, 15) is 4.79 Å². The van der Waals surface area contributed by atoms with Gasteiger partial charge in [-0.15, -0.1) is 11.3 Å². The maximum atomic E-state index is 12.8. The van der Waals surface area contributed by atoms with Gasteiger partial charge in [0.1, 0.15) is 0 Å². The van der Waals surface area contributed by atoms with Crippen LogP contribution in [0.15, 0.2) is 30.7 Å². The highest BCUT2D eigenvalue weighted by Gasteiger charge is 2.71. The maximum absolute atomic E-state index is 12.8. The summed E-state index contributed by atoms with van der Waals surface area (Å²) < 4.78 is 0.568. The van der Waals surface area contributed by atoms with Crippen molar-refractivity contribution in [2.24, 2.45) is 0 Å². The predicted molar refractivity (Wildman–Crippen MR) is 93.3 cm³/mol. The van der Waals surface area contributed by atoms with Crippen LogP contribution >= 0.6 is 22.9 Å². The number of rotatable bonds is 3. The second kappa shape index (κ2) is 5.02. The highest BCUT2D eigenvalue weighted by molar-refractivity contribution is 7.15. The molecule has 0 N–H and O–H groups in total. The number of thiazole rings is 1. The maximum Gasteiger partial charge on any atom is 0.223 e. The van der Waals surface area contributed by atoms with Crippen LogP contribution in [-0.2, 0) is 10.2 Å². The van der Waals surface area contributed by atoms with Crippen LogP contribution in [0.25, 0.3) is 0 Å². The van der Waals surface area contributed by atoms with Gasteiger partial charge in [-0.3, -0.25) is 9.78 Å². The van der Waals surface area contributed by atoms with Crippen molar-refractivity contribution in [2.45, 2.75) is 49.0 Å². The molecule has 3 saturated carbocycles. The normalized spacial score (nSPS) is 34.6. The number of likely N-dealkylation sites (tertiary alicyclic amines) is 1.